The highest BCUT2D eigenvalue weighted by molar-refractivity contribution is 6.36. The first kappa shape index (κ1) is 31.7. The summed E-state index contributed by atoms with van der Waals surface area (Å²) in [6, 6.07) is 13.3. The molecule has 7 rings (SSSR count). The number of likely N-dealkylation sites (N-methyl/N-ethyl adjacent to an activating group) is 1. The van der Waals surface area contributed by atoms with E-state index in [-0.39, 0.29) is 24.5 Å². The molecular weight excluding hydrogens is 610 g/mol. The van der Waals surface area contributed by atoms with E-state index in [0.717, 1.165) is 51.5 Å². The number of ether oxygens (including phenoxy) is 1. The van der Waals surface area contributed by atoms with E-state index in [4.69, 9.17) is 32.9 Å². The van der Waals surface area contributed by atoms with Crippen molar-refractivity contribution in [2.75, 3.05) is 56.2 Å². The van der Waals surface area contributed by atoms with Crippen LogP contribution in [0.5, 0.6) is 6.01 Å². The number of hydrogen-bond donors (Lipinski definition) is 0. The normalized spacial score (nSPS) is 22.3. The van der Waals surface area contributed by atoms with E-state index >= 15 is 0 Å². The maximum absolute atomic E-state index is 12.6. The summed E-state index contributed by atoms with van der Waals surface area (Å²) >= 11 is 6.74. The van der Waals surface area contributed by atoms with Crippen molar-refractivity contribution in [3.8, 4) is 6.01 Å². The number of anilines is 2. The molecule has 2 aliphatic heterocycles. The zero-order valence-corrected chi connectivity index (χ0v) is 28.3. The van der Waals surface area contributed by atoms with Crippen LogP contribution in [0.1, 0.15) is 50.3 Å². The van der Waals surface area contributed by atoms with Gasteiger partial charge in [0.15, 0.2) is 0 Å². The van der Waals surface area contributed by atoms with Crippen molar-refractivity contribution in [3.63, 3.8) is 0 Å². The van der Waals surface area contributed by atoms with Crippen LogP contribution in [0, 0.1) is 12.0 Å². The Labute approximate surface area is 283 Å². The molecule has 0 N–H and O–H groups in total. The number of carbonyl (C=O) groups excluding carboxylic acids is 1. The average Bonchev–Trinajstić information content (AvgIpc) is 3.73. The Morgan fingerprint density at radius 2 is 2.00 bits per heavy atom. The Balaban J connectivity index is 1.17. The molecule has 2 aromatic carbocycles. The molecular formula is C37H44ClN7O2. The summed E-state index contributed by atoms with van der Waals surface area (Å²) in [6.07, 6.45) is 8.80. The summed E-state index contributed by atoms with van der Waals surface area (Å²) in [5.74, 6) is 0.721. The second-order valence-corrected chi connectivity index (χ2v) is 14.3. The maximum Gasteiger partial charge on any atom is 0.318 e. The molecule has 9 nitrogen and oxygen atoms in total. The fraction of sp³-hybridized carbons (Fsp3) is 0.514. The first-order chi connectivity index (χ1) is 22.8. The third-order valence-corrected chi connectivity index (χ3v) is 11.4. The predicted molar refractivity (Wildman–Crippen MR) is 187 cm³/mol. The minimum Gasteiger partial charge on any atom is -0.462 e. The summed E-state index contributed by atoms with van der Waals surface area (Å²) in [6.45, 7) is 17.2. The van der Waals surface area contributed by atoms with Gasteiger partial charge in [-0.15, -0.1) is 0 Å². The molecule has 10 heteroatoms. The number of carbonyl (C=O) groups is 1. The summed E-state index contributed by atoms with van der Waals surface area (Å²) in [4.78, 5) is 35.2. The van der Waals surface area contributed by atoms with Gasteiger partial charge in [-0.1, -0.05) is 42.4 Å². The molecule has 0 bridgehead atoms. The Morgan fingerprint density at radius 3 is 2.74 bits per heavy atom. The first-order valence-electron chi connectivity index (χ1n) is 17.0. The van der Waals surface area contributed by atoms with Crippen molar-refractivity contribution in [1.29, 1.82) is 0 Å². The second kappa shape index (κ2) is 13.0. The third-order valence-electron chi connectivity index (χ3n) is 11.1. The lowest BCUT2D eigenvalue weighted by Crippen LogP contribution is -2.56. The SMILES string of the molecule is [C-]#[N+]C[C@H]1CN(c2nc(OC[C@H](C)N(C)C3CCC4(CC4)C3)nc3c2CCN(c2cccc4cccc(Cl)c24)C3)CCN1C(=O)C=C. The molecule has 2 saturated carbocycles. The van der Waals surface area contributed by atoms with Crippen LogP contribution in [0.15, 0.2) is 49.1 Å². The highest BCUT2D eigenvalue weighted by Gasteiger charge is 2.49. The Kier molecular flexibility index (Phi) is 8.75. The number of nitrogens with zero attached hydrogens (tertiary/aromatic N) is 7. The summed E-state index contributed by atoms with van der Waals surface area (Å²) in [5, 5.41) is 2.90. The number of piperazine rings is 1. The smallest absolute Gasteiger partial charge is 0.318 e. The van der Waals surface area contributed by atoms with Crippen LogP contribution in [0.4, 0.5) is 11.5 Å². The quantitative estimate of drug-likeness (QED) is 0.207. The Morgan fingerprint density at radius 1 is 1.19 bits per heavy atom. The largest absolute Gasteiger partial charge is 0.462 e. The van der Waals surface area contributed by atoms with Crippen molar-refractivity contribution in [2.24, 2.45) is 5.41 Å². The number of benzene rings is 2. The Hall–Kier alpha value is -3.87. The Bertz CT molecular complexity index is 1710. The van der Waals surface area contributed by atoms with Crippen LogP contribution in [-0.4, -0.2) is 90.2 Å². The summed E-state index contributed by atoms with van der Waals surface area (Å²) in [5.41, 5.74) is 3.77. The lowest BCUT2D eigenvalue weighted by atomic mass is 10.0. The van der Waals surface area contributed by atoms with Gasteiger partial charge in [0.25, 0.3) is 0 Å². The number of hydrogen-bond acceptors (Lipinski definition) is 7. The van der Waals surface area contributed by atoms with E-state index in [9.17, 15) is 4.79 Å². The maximum atomic E-state index is 12.6. The topological polar surface area (TPSA) is 69.4 Å². The molecule has 3 heterocycles. The van der Waals surface area contributed by atoms with Crippen molar-refractivity contribution in [2.45, 2.75) is 70.1 Å². The van der Waals surface area contributed by atoms with E-state index in [1.807, 2.05) is 12.1 Å². The molecule has 1 amide bonds. The second-order valence-electron chi connectivity index (χ2n) is 13.9. The number of rotatable bonds is 9. The molecule has 47 heavy (non-hydrogen) atoms. The van der Waals surface area contributed by atoms with Crippen LogP contribution >= 0.6 is 11.6 Å². The van der Waals surface area contributed by atoms with E-state index in [0.29, 0.717) is 50.3 Å². The van der Waals surface area contributed by atoms with E-state index < -0.39 is 0 Å². The highest BCUT2D eigenvalue weighted by atomic mass is 35.5. The van der Waals surface area contributed by atoms with Crippen LogP contribution in [0.25, 0.3) is 15.6 Å². The molecule has 3 fully saturated rings. The zero-order valence-electron chi connectivity index (χ0n) is 27.5. The van der Waals surface area contributed by atoms with Gasteiger partial charge in [0.1, 0.15) is 18.5 Å². The van der Waals surface area contributed by atoms with Crippen molar-refractivity contribution in [3.05, 3.63) is 76.8 Å². The van der Waals surface area contributed by atoms with Gasteiger partial charge < -0.3 is 24.3 Å². The molecule has 1 spiro atoms. The molecule has 246 valence electrons. The number of aromatic nitrogens is 2. The van der Waals surface area contributed by atoms with Crippen molar-refractivity contribution in [1.82, 2.24) is 19.8 Å². The van der Waals surface area contributed by atoms with Gasteiger partial charge in [-0.25, -0.2) is 6.57 Å². The zero-order chi connectivity index (χ0) is 32.7. The molecule has 0 radical (unpaired) electrons. The fourth-order valence-electron chi connectivity index (χ4n) is 8.00. The van der Waals surface area contributed by atoms with Gasteiger partial charge in [0.05, 0.1) is 17.3 Å². The number of amides is 1. The van der Waals surface area contributed by atoms with E-state index in [1.54, 1.807) is 4.90 Å². The van der Waals surface area contributed by atoms with Gasteiger partial charge in [0, 0.05) is 54.9 Å². The molecule has 3 atom stereocenters. The van der Waals surface area contributed by atoms with Crippen LogP contribution in [0.3, 0.4) is 0 Å². The lowest BCUT2D eigenvalue weighted by Gasteiger charge is -2.41. The third kappa shape index (κ3) is 6.26. The van der Waals surface area contributed by atoms with Crippen LogP contribution in [0.2, 0.25) is 5.02 Å². The van der Waals surface area contributed by atoms with Gasteiger partial charge in [-0.05, 0) is 81.5 Å². The predicted octanol–water partition coefficient (Wildman–Crippen LogP) is 6.00. The van der Waals surface area contributed by atoms with Crippen molar-refractivity contribution < 1.29 is 9.53 Å². The van der Waals surface area contributed by atoms with E-state index in [2.05, 4.69) is 64.4 Å². The lowest BCUT2D eigenvalue weighted by molar-refractivity contribution is -0.128. The molecule has 1 aromatic heterocycles. The van der Waals surface area contributed by atoms with Crippen LogP contribution < -0.4 is 14.5 Å². The fourth-order valence-corrected chi connectivity index (χ4v) is 8.28. The summed E-state index contributed by atoms with van der Waals surface area (Å²) in [7, 11) is 2.23. The van der Waals surface area contributed by atoms with Crippen molar-refractivity contribution >= 4 is 39.8 Å². The van der Waals surface area contributed by atoms with Gasteiger partial charge in [0.2, 0.25) is 12.5 Å². The highest BCUT2D eigenvalue weighted by Crippen LogP contribution is 2.58. The first-order valence-corrected chi connectivity index (χ1v) is 17.3. The van der Waals surface area contributed by atoms with Gasteiger partial charge in [-0.3, -0.25) is 9.69 Å². The summed E-state index contributed by atoms with van der Waals surface area (Å²) < 4.78 is 6.44. The average molecular weight is 654 g/mol. The standard InChI is InChI=1S/C37H44ClN7O2/c1-5-33(46)45-19-18-44(22-28(45)21-39-3)35-29-13-17-43(32-11-7-9-26-8-6-10-30(38)34(26)32)23-31(29)40-36(41-35)47-24-25(2)42(4)27-12-14-37(20-27)15-16-37/h5-11,25,27-28H,1,12-24H2,2,4H3/t25-,27?,28-/m0/s1. The molecule has 2 aliphatic carbocycles. The van der Waals surface area contributed by atoms with Gasteiger partial charge >= 0.3 is 6.01 Å². The molecule has 1 saturated heterocycles. The minimum atomic E-state index is -0.241. The van der Waals surface area contributed by atoms with Gasteiger partial charge in [-0.2, -0.15) is 9.97 Å². The minimum absolute atomic E-state index is 0.135. The van der Waals surface area contributed by atoms with E-state index in [1.165, 1.54) is 38.2 Å². The number of halogens is 1. The molecule has 1 unspecified atom stereocenters. The number of fused-ring (bicyclic) bond motifs is 2. The molecule has 3 aromatic rings. The van der Waals surface area contributed by atoms with Crippen LogP contribution in [-0.2, 0) is 17.8 Å². The molecule has 4 aliphatic rings. The monoisotopic (exact) mass is 653 g/mol.